The van der Waals surface area contributed by atoms with E-state index in [2.05, 4.69) is 24.4 Å². The van der Waals surface area contributed by atoms with E-state index in [1.807, 2.05) is 11.3 Å². The highest BCUT2D eigenvalue weighted by Crippen LogP contribution is 2.34. The summed E-state index contributed by atoms with van der Waals surface area (Å²) in [5.41, 5.74) is 6.27. The van der Waals surface area contributed by atoms with Crippen molar-refractivity contribution in [3.63, 3.8) is 0 Å². The third-order valence-corrected chi connectivity index (χ3v) is 4.39. The third-order valence-electron chi connectivity index (χ3n) is 3.49. The Kier molecular flexibility index (Phi) is 3.24. The molecule has 2 N–H and O–H groups in total. The molecule has 1 aliphatic rings. The van der Waals surface area contributed by atoms with E-state index in [0.29, 0.717) is 6.04 Å². The zero-order chi connectivity index (χ0) is 9.97. The average molecular weight is 209 g/mol. The van der Waals surface area contributed by atoms with Crippen molar-refractivity contribution in [2.45, 2.75) is 38.6 Å². The molecule has 3 unspecified atom stereocenters. The molecule has 1 aromatic rings. The number of rotatable bonds is 3. The minimum atomic E-state index is 0.381. The lowest BCUT2D eigenvalue weighted by Gasteiger charge is -2.22. The van der Waals surface area contributed by atoms with Crippen LogP contribution < -0.4 is 5.73 Å². The van der Waals surface area contributed by atoms with Crippen molar-refractivity contribution in [3.05, 3.63) is 22.4 Å². The minimum Gasteiger partial charge on any atom is -0.327 e. The topological polar surface area (TPSA) is 26.0 Å². The first-order valence-electron chi connectivity index (χ1n) is 5.55. The summed E-state index contributed by atoms with van der Waals surface area (Å²) in [6, 6.07) is 4.70. The van der Waals surface area contributed by atoms with Crippen LogP contribution in [0.2, 0.25) is 0 Å². The monoisotopic (exact) mass is 209 g/mol. The van der Waals surface area contributed by atoms with Gasteiger partial charge in [-0.1, -0.05) is 25.8 Å². The van der Waals surface area contributed by atoms with E-state index < -0.39 is 0 Å². The Labute approximate surface area is 90.3 Å². The molecule has 0 spiro atoms. The van der Waals surface area contributed by atoms with Crippen LogP contribution in [0.25, 0.3) is 0 Å². The summed E-state index contributed by atoms with van der Waals surface area (Å²) in [5, 5.41) is 2.14. The summed E-state index contributed by atoms with van der Waals surface area (Å²) in [5.74, 6) is 1.60. The molecule has 78 valence electrons. The Morgan fingerprint density at radius 2 is 2.43 bits per heavy atom. The summed E-state index contributed by atoms with van der Waals surface area (Å²) >= 11 is 1.83. The predicted molar refractivity (Wildman–Crippen MR) is 62.5 cm³/mol. The molecular weight excluding hydrogens is 190 g/mol. The van der Waals surface area contributed by atoms with E-state index >= 15 is 0 Å². The van der Waals surface area contributed by atoms with Crippen LogP contribution in [0, 0.1) is 11.8 Å². The molecule has 1 nitrogen and oxygen atoms in total. The molecule has 1 aromatic heterocycles. The van der Waals surface area contributed by atoms with Gasteiger partial charge in [0, 0.05) is 10.9 Å². The van der Waals surface area contributed by atoms with Crippen LogP contribution in [0.4, 0.5) is 0 Å². The van der Waals surface area contributed by atoms with Gasteiger partial charge in [0.25, 0.3) is 0 Å². The second-order valence-corrected chi connectivity index (χ2v) is 5.55. The van der Waals surface area contributed by atoms with Gasteiger partial charge in [0.05, 0.1) is 0 Å². The molecule has 2 heteroatoms. The highest BCUT2D eigenvalue weighted by Gasteiger charge is 2.28. The van der Waals surface area contributed by atoms with Crippen LogP contribution in [0.15, 0.2) is 17.5 Å². The average Bonchev–Trinajstić information content (AvgIpc) is 2.75. The quantitative estimate of drug-likeness (QED) is 0.813. The highest BCUT2D eigenvalue weighted by molar-refractivity contribution is 7.09. The van der Waals surface area contributed by atoms with Gasteiger partial charge >= 0.3 is 0 Å². The van der Waals surface area contributed by atoms with Crippen LogP contribution >= 0.6 is 11.3 Å². The molecule has 3 atom stereocenters. The molecule has 0 aliphatic heterocycles. The van der Waals surface area contributed by atoms with E-state index in [9.17, 15) is 0 Å². The van der Waals surface area contributed by atoms with Gasteiger partial charge in [-0.05, 0) is 36.1 Å². The molecule has 1 heterocycles. The fourth-order valence-electron chi connectivity index (χ4n) is 2.62. The first-order valence-corrected chi connectivity index (χ1v) is 6.43. The summed E-state index contributed by atoms with van der Waals surface area (Å²) in [7, 11) is 0. The number of nitrogens with two attached hydrogens (primary N) is 1. The zero-order valence-corrected chi connectivity index (χ0v) is 9.59. The van der Waals surface area contributed by atoms with Gasteiger partial charge in [0.2, 0.25) is 0 Å². The standard InChI is InChI=1S/C12H19NS/c1-9-4-2-6-11(9)12(13)8-10-5-3-7-14-10/h3,5,7,9,11-12H,2,4,6,8,13H2,1H3. The van der Waals surface area contributed by atoms with Crippen molar-refractivity contribution in [2.24, 2.45) is 17.6 Å². The van der Waals surface area contributed by atoms with Crippen LogP contribution in [-0.4, -0.2) is 6.04 Å². The lowest BCUT2D eigenvalue weighted by Crippen LogP contribution is -2.33. The van der Waals surface area contributed by atoms with Crippen LogP contribution in [-0.2, 0) is 6.42 Å². The maximum absolute atomic E-state index is 6.27. The van der Waals surface area contributed by atoms with Crippen molar-refractivity contribution in [2.75, 3.05) is 0 Å². The molecule has 0 bridgehead atoms. The van der Waals surface area contributed by atoms with Crippen molar-refractivity contribution in [1.82, 2.24) is 0 Å². The molecule has 1 aliphatic carbocycles. The minimum absolute atomic E-state index is 0.381. The van der Waals surface area contributed by atoms with Gasteiger partial charge in [0.1, 0.15) is 0 Å². The first-order chi connectivity index (χ1) is 6.77. The molecule has 1 saturated carbocycles. The summed E-state index contributed by atoms with van der Waals surface area (Å²) in [4.78, 5) is 1.44. The van der Waals surface area contributed by atoms with Crippen molar-refractivity contribution in [3.8, 4) is 0 Å². The molecule has 0 saturated heterocycles. The van der Waals surface area contributed by atoms with Crippen molar-refractivity contribution < 1.29 is 0 Å². The first kappa shape index (κ1) is 10.2. The highest BCUT2D eigenvalue weighted by atomic mass is 32.1. The van der Waals surface area contributed by atoms with E-state index in [1.165, 1.54) is 24.1 Å². The number of hydrogen-bond acceptors (Lipinski definition) is 2. The van der Waals surface area contributed by atoms with Gasteiger partial charge in [-0.3, -0.25) is 0 Å². The van der Waals surface area contributed by atoms with Gasteiger partial charge < -0.3 is 5.73 Å². The Hall–Kier alpha value is -0.340. The summed E-state index contributed by atoms with van der Waals surface area (Å²) in [6.07, 6.45) is 5.17. The molecule has 0 radical (unpaired) electrons. The Morgan fingerprint density at radius 3 is 3.00 bits per heavy atom. The Morgan fingerprint density at radius 1 is 1.57 bits per heavy atom. The lowest BCUT2D eigenvalue weighted by atomic mass is 9.89. The normalized spacial score (nSPS) is 29.3. The van der Waals surface area contributed by atoms with Crippen LogP contribution in [0.5, 0.6) is 0 Å². The third kappa shape index (κ3) is 2.18. The molecule has 2 rings (SSSR count). The van der Waals surface area contributed by atoms with Crippen molar-refractivity contribution >= 4 is 11.3 Å². The summed E-state index contributed by atoms with van der Waals surface area (Å²) in [6.45, 7) is 2.35. The van der Waals surface area contributed by atoms with Crippen LogP contribution in [0.3, 0.4) is 0 Å². The SMILES string of the molecule is CC1CCCC1C(N)Cc1cccs1. The zero-order valence-electron chi connectivity index (χ0n) is 8.78. The fourth-order valence-corrected chi connectivity index (χ4v) is 3.40. The molecule has 0 amide bonds. The molecule has 1 fully saturated rings. The van der Waals surface area contributed by atoms with E-state index in [0.717, 1.165) is 18.3 Å². The smallest absolute Gasteiger partial charge is 0.0118 e. The number of thiophene rings is 1. The van der Waals surface area contributed by atoms with E-state index in [1.54, 1.807) is 0 Å². The van der Waals surface area contributed by atoms with Crippen molar-refractivity contribution in [1.29, 1.82) is 0 Å². The molecular formula is C12H19NS. The largest absolute Gasteiger partial charge is 0.327 e. The van der Waals surface area contributed by atoms with Crippen LogP contribution in [0.1, 0.15) is 31.1 Å². The van der Waals surface area contributed by atoms with Gasteiger partial charge in [-0.25, -0.2) is 0 Å². The predicted octanol–water partition coefficient (Wildman–Crippen LogP) is 3.05. The Bertz CT molecular complexity index is 268. The van der Waals surface area contributed by atoms with E-state index in [4.69, 9.17) is 5.73 Å². The maximum atomic E-state index is 6.27. The Balaban J connectivity index is 1.92. The lowest BCUT2D eigenvalue weighted by molar-refractivity contribution is 0.344. The van der Waals surface area contributed by atoms with Gasteiger partial charge in [0.15, 0.2) is 0 Å². The van der Waals surface area contributed by atoms with E-state index in [-0.39, 0.29) is 0 Å². The second-order valence-electron chi connectivity index (χ2n) is 4.52. The molecule has 14 heavy (non-hydrogen) atoms. The fraction of sp³-hybridized carbons (Fsp3) is 0.667. The summed E-state index contributed by atoms with van der Waals surface area (Å²) < 4.78 is 0. The maximum Gasteiger partial charge on any atom is 0.0118 e. The second kappa shape index (κ2) is 4.45. The number of hydrogen-bond donors (Lipinski definition) is 1. The molecule has 0 aromatic carbocycles. The van der Waals surface area contributed by atoms with Gasteiger partial charge in [-0.15, -0.1) is 11.3 Å². The van der Waals surface area contributed by atoms with Gasteiger partial charge in [-0.2, -0.15) is 0 Å².